The molecule has 0 aromatic carbocycles. The summed E-state index contributed by atoms with van der Waals surface area (Å²) in [6.07, 6.45) is 3.20. The zero-order chi connectivity index (χ0) is 12.8. The number of carbonyl (C=O) groups excluding carboxylic acids is 1. The van der Waals surface area contributed by atoms with Gasteiger partial charge in [-0.2, -0.15) is 0 Å². The number of nitrogens with two attached hydrogens (primary N) is 1. The zero-order valence-electron chi connectivity index (χ0n) is 10.9. The number of unbranched alkanes of at least 4 members (excludes halogenated alkanes) is 1. The van der Waals surface area contributed by atoms with Crippen LogP contribution in [0.3, 0.4) is 0 Å². The second-order valence-electron chi connectivity index (χ2n) is 5.04. The fourth-order valence-corrected chi connectivity index (χ4v) is 1.61. The molecule has 4 heteroatoms. The van der Waals surface area contributed by atoms with Crippen LogP contribution in [-0.4, -0.2) is 27.9 Å². The molecular formula is C12H24N2OS. The van der Waals surface area contributed by atoms with Gasteiger partial charge in [-0.05, 0) is 27.2 Å². The highest BCUT2D eigenvalue weighted by atomic mass is 32.1. The largest absolute Gasteiger partial charge is 0.393 e. The summed E-state index contributed by atoms with van der Waals surface area (Å²) in [6, 6.07) is 0. The van der Waals surface area contributed by atoms with E-state index in [0.717, 1.165) is 12.8 Å². The number of rotatable bonds is 6. The Bertz CT molecular complexity index is 246. The molecule has 0 saturated carbocycles. The Morgan fingerprint density at radius 2 is 1.88 bits per heavy atom. The first kappa shape index (κ1) is 15.4. The number of thiocarbonyl (C=S) groups is 1. The molecule has 0 bridgehead atoms. The van der Waals surface area contributed by atoms with E-state index in [-0.39, 0.29) is 11.4 Å². The molecule has 0 aromatic heterocycles. The fourth-order valence-electron chi connectivity index (χ4n) is 1.52. The quantitative estimate of drug-likeness (QED) is 0.730. The van der Waals surface area contributed by atoms with E-state index in [0.29, 0.717) is 24.4 Å². The third-order valence-corrected chi connectivity index (χ3v) is 2.64. The molecule has 0 aliphatic rings. The lowest BCUT2D eigenvalue weighted by Gasteiger charge is -2.36. The molecule has 94 valence electrons. The third kappa shape index (κ3) is 6.05. The predicted molar refractivity (Wildman–Crippen MR) is 72.4 cm³/mol. The summed E-state index contributed by atoms with van der Waals surface area (Å²) >= 11 is 4.85. The lowest BCUT2D eigenvalue weighted by Crippen LogP contribution is -2.46. The Balaban J connectivity index is 4.42. The number of hydrogen-bond donors (Lipinski definition) is 1. The summed E-state index contributed by atoms with van der Waals surface area (Å²) in [7, 11) is 0. The van der Waals surface area contributed by atoms with Crippen LogP contribution < -0.4 is 5.73 Å². The van der Waals surface area contributed by atoms with E-state index < -0.39 is 0 Å². The van der Waals surface area contributed by atoms with Crippen molar-refractivity contribution in [3.8, 4) is 0 Å². The van der Waals surface area contributed by atoms with Crippen molar-refractivity contribution >= 4 is 23.1 Å². The van der Waals surface area contributed by atoms with E-state index in [1.54, 1.807) is 0 Å². The van der Waals surface area contributed by atoms with Gasteiger partial charge in [0.25, 0.3) is 0 Å². The summed E-state index contributed by atoms with van der Waals surface area (Å²) in [4.78, 5) is 14.3. The second kappa shape index (κ2) is 6.84. The minimum atomic E-state index is -0.157. The van der Waals surface area contributed by atoms with Gasteiger partial charge in [0.05, 0.1) is 4.99 Å². The van der Waals surface area contributed by atoms with Crippen LogP contribution in [0.2, 0.25) is 0 Å². The van der Waals surface area contributed by atoms with Crippen LogP contribution in [0.1, 0.15) is 53.4 Å². The number of amides is 1. The molecule has 0 aliphatic heterocycles. The van der Waals surface area contributed by atoms with Crippen LogP contribution in [0.5, 0.6) is 0 Å². The molecular weight excluding hydrogens is 220 g/mol. The van der Waals surface area contributed by atoms with Gasteiger partial charge in [0.2, 0.25) is 5.91 Å². The lowest BCUT2D eigenvalue weighted by atomic mass is 10.0. The van der Waals surface area contributed by atoms with Crippen LogP contribution in [0.25, 0.3) is 0 Å². The Morgan fingerprint density at radius 1 is 1.31 bits per heavy atom. The smallest absolute Gasteiger partial charge is 0.223 e. The van der Waals surface area contributed by atoms with Crippen LogP contribution >= 0.6 is 12.2 Å². The summed E-state index contributed by atoms with van der Waals surface area (Å²) in [6.45, 7) is 8.83. The van der Waals surface area contributed by atoms with Crippen LogP contribution in [0.4, 0.5) is 0 Å². The minimum Gasteiger partial charge on any atom is -0.393 e. The van der Waals surface area contributed by atoms with Crippen molar-refractivity contribution in [3.05, 3.63) is 0 Å². The van der Waals surface area contributed by atoms with Crippen LogP contribution in [-0.2, 0) is 4.79 Å². The molecule has 1 amide bonds. The number of hydrogen-bond acceptors (Lipinski definition) is 2. The molecule has 0 heterocycles. The van der Waals surface area contributed by atoms with E-state index in [1.807, 2.05) is 25.7 Å². The van der Waals surface area contributed by atoms with Gasteiger partial charge >= 0.3 is 0 Å². The molecule has 0 atom stereocenters. The summed E-state index contributed by atoms with van der Waals surface area (Å²) in [5.74, 6) is 0.200. The van der Waals surface area contributed by atoms with Gasteiger partial charge < -0.3 is 10.6 Å². The Labute approximate surface area is 104 Å². The van der Waals surface area contributed by atoms with Crippen molar-refractivity contribution in [2.24, 2.45) is 5.73 Å². The Kier molecular flexibility index (Phi) is 6.56. The zero-order valence-corrected chi connectivity index (χ0v) is 11.7. The summed E-state index contributed by atoms with van der Waals surface area (Å²) in [5.41, 5.74) is 5.32. The van der Waals surface area contributed by atoms with Crippen molar-refractivity contribution in [2.45, 2.75) is 58.9 Å². The monoisotopic (exact) mass is 244 g/mol. The fraction of sp³-hybridized carbons (Fsp3) is 0.833. The van der Waals surface area contributed by atoms with E-state index in [2.05, 4.69) is 6.92 Å². The van der Waals surface area contributed by atoms with Gasteiger partial charge in [0.1, 0.15) is 0 Å². The van der Waals surface area contributed by atoms with Crippen molar-refractivity contribution in [3.63, 3.8) is 0 Å². The second-order valence-corrected chi connectivity index (χ2v) is 5.56. The average Bonchev–Trinajstić information content (AvgIpc) is 2.12. The van der Waals surface area contributed by atoms with E-state index >= 15 is 0 Å². The molecule has 0 unspecified atom stereocenters. The summed E-state index contributed by atoms with van der Waals surface area (Å²) < 4.78 is 0. The van der Waals surface area contributed by atoms with Crippen LogP contribution in [0.15, 0.2) is 0 Å². The maximum Gasteiger partial charge on any atom is 0.223 e. The molecule has 0 saturated heterocycles. The Hall–Kier alpha value is -0.640. The SMILES string of the molecule is CCCCC(=O)N(CCC(N)=S)C(C)(C)C. The highest BCUT2D eigenvalue weighted by Gasteiger charge is 2.25. The van der Waals surface area contributed by atoms with Gasteiger partial charge in [0.15, 0.2) is 0 Å². The third-order valence-electron chi connectivity index (χ3n) is 2.44. The molecule has 0 rings (SSSR count). The van der Waals surface area contributed by atoms with Crippen LogP contribution in [0, 0.1) is 0 Å². The van der Waals surface area contributed by atoms with E-state index in [4.69, 9.17) is 18.0 Å². The van der Waals surface area contributed by atoms with Gasteiger partial charge in [-0.1, -0.05) is 25.6 Å². The van der Waals surface area contributed by atoms with Crippen molar-refractivity contribution in [1.82, 2.24) is 4.90 Å². The standard InChI is InChI=1S/C12H24N2OS/c1-5-6-7-11(15)14(12(2,3)4)9-8-10(13)16/h5-9H2,1-4H3,(H2,13,16). The number of carbonyl (C=O) groups is 1. The highest BCUT2D eigenvalue weighted by molar-refractivity contribution is 7.80. The summed E-state index contributed by atoms with van der Waals surface area (Å²) in [5, 5.41) is 0. The maximum absolute atomic E-state index is 12.0. The molecule has 3 nitrogen and oxygen atoms in total. The van der Waals surface area contributed by atoms with Gasteiger partial charge in [-0.25, -0.2) is 0 Å². The topological polar surface area (TPSA) is 46.3 Å². The van der Waals surface area contributed by atoms with E-state index in [9.17, 15) is 4.79 Å². The molecule has 0 spiro atoms. The first-order chi connectivity index (χ1) is 7.29. The Morgan fingerprint density at radius 3 is 2.25 bits per heavy atom. The van der Waals surface area contributed by atoms with Gasteiger partial charge in [-0.3, -0.25) is 4.79 Å². The van der Waals surface area contributed by atoms with Crippen molar-refractivity contribution < 1.29 is 4.79 Å². The predicted octanol–water partition coefficient (Wildman–Crippen LogP) is 2.48. The molecule has 0 fully saturated rings. The average molecular weight is 244 g/mol. The van der Waals surface area contributed by atoms with Crippen molar-refractivity contribution in [1.29, 1.82) is 0 Å². The molecule has 0 aromatic rings. The highest BCUT2D eigenvalue weighted by Crippen LogP contribution is 2.16. The first-order valence-corrected chi connectivity index (χ1v) is 6.28. The first-order valence-electron chi connectivity index (χ1n) is 5.87. The maximum atomic E-state index is 12.0. The molecule has 0 aliphatic carbocycles. The molecule has 2 N–H and O–H groups in total. The lowest BCUT2D eigenvalue weighted by molar-refractivity contribution is -0.135. The number of nitrogens with zero attached hydrogens (tertiary/aromatic N) is 1. The molecule has 0 radical (unpaired) electrons. The minimum absolute atomic E-state index is 0.157. The van der Waals surface area contributed by atoms with Gasteiger partial charge in [0, 0.05) is 24.9 Å². The van der Waals surface area contributed by atoms with Gasteiger partial charge in [-0.15, -0.1) is 0 Å². The normalized spacial score (nSPS) is 11.2. The van der Waals surface area contributed by atoms with Crippen molar-refractivity contribution in [2.75, 3.05) is 6.54 Å². The van der Waals surface area contributed by atoms with E-state index in [1.165, 1.54) is 0 Å². The molecule has 16 heavy (non-hydrogen) atoms.